The fourth-order valence-corrected chi connectivity index (χ4v) is 4.01. The van der Waals surface area contributed by atoms with Gasteiger partial charge in [-0.25, -0.2) is 0 Å². The van der Waals surface area contributed by atoms with Crippen LogP contribution in [0.2, 0.25) is 0 Å². The molecule has 0 spiro atoms. The Morgan fingerprint density at radius 3 is 1.89 bits per heavy atom. The number of hydrogen-bond donors (Lipinski definition) is 1. The fraction of sp³-hybridized carbons (Fsp3) is 0.333. The summed E-state index contributed by atoms with van der Waals surface area (Å²) in [7, 11) is 0. The highest BCUT2D eigenvalue weighted by molar-refractivity contribution is 5.78. The van der Waals surface area contributed by atoms with Gasteiger partial charge in [-0.2, -0.15) is 0 Å². The fourth-order valence-electron chi connectivity index (χ4n) is 4.01. The normalized spacial score (nSPS) is 25.3. The standard InChI is InChI=1S/C18H18O/c19-17-11-5-10-16(17)18-14-8-3-1-6-12(14)13-7-2-4-9-15(13)18/h1-4,6-9,16-19H,5,10-11H2/t16?,17-/m0/s1. The van der Waals surface area contributed by atoms with E-state index in [-0.39, 0.29) is 6.10 Å². The Labute approximate surface area is 113 Å². The molecule has 0 aliphatic heterocycles. The van der Waals surface area contributed by atoms with Crippen LogP contribution in [0.15, 0.2) is 48.5 Å². The van der Waals surface area contributed by atoms with Gasteiger partial charge in [0.05, 0.1) is 6.10 Å². The van der Waals surface area contributed by atoms with Crippen LogP contribution < -0.4 is 0 Å². The van der Waals surface area contributed by atoms with Crippen LogP contribution in [0, 0.1) is 5.92 Å². The van der Waals surface area contributed by atoms with Crippen molar-refractivity contribution in [2.75, 3.05) is 0 Å². The van der Waals surface area contributed by atoms with E-state index in [1.807, 2.05) is 0 Å². The van der Waals surface area contributed by atoms with E-state index in [1.165, 1.54) is 22.3 Å². The Balaban J connectivity index is 1.91. The lowest BCUT2D eigenvalue weighted by Gasteiger charge is -2.24. The van der Waals surface area contributed by atoms with E-state index in [9.17, 15) is 5.11 Å². The van der Waals surface area contributed by atoms with Gasteiger partial charge in [-0.3, -0.25) is 0 Å². The van der Waals surface area contributed by atoms with E-state index in [1.54, 1.807) is 0 Å². The Bertz CT molecular complexity index is 571. The zero-order chi connectivity index (χ0) is 12.8. The molecular formula is C18H18O. The summed E-state index contributed by atoms with van der Waals surface area (Å²) < 4.78 is 0. The number of aliphatic hydroxyl groups excluding tert-OH is 1. The van der Waals surface area contributed by atoms with E-state index in [4.69, 9.17) is 0 Å². The van der Waals surface area contributed by atoms with Crippen molar-refractivity contribution in [1.29, 1.82) is 0 Å². The molecule has 1 heteroatoms. The molecule has 0 radical (unpaired) electrons. The molecule has 19 heavy (non-hydrogen) atoms. The molecule has 4 rings (SSSR count). The maximum absolute atomic E-state index is 10.3. The zero-order valence-corrected chi connectivity index (χ0v) is 10.9. The average molecular weight is 250 g/mol. The molecule has 1 nitrogen and oxygen atoms in total. The number of fused-ring (bicyclic) bond motifs is 3. The summed E-state index contributed by atoms with van der Waals surface area (Å²) in [5.41, 5.74) is 5.55. The summed E-state index contributed by atoms with van der Waals surface area (Å²) >= 11 is 0. The lowest BCUT2D eigenvalue weighted by atomic mass is 9.82. The second kappa shape index (κ2) is 4.21. The highest BCUT2D eigenvalue weighted by Crippen LogP contribution is 2.51. The van der Waals surface area contributed by atoms with Gasteiger partial charge in [-0.1, -0.05) is 55.0 Å². The van der Waals surface area contributed by atoms with Crippen molar-refractivity contribution in [3.05, 3.63) is 59.7 Å². The van der Waals surface area contributed by atoms with Crippen LogP contribution in [-0.2, 0) is 0 Å². The summed E-state index contributed by atoms with van der Waals surface area (Å²) in [5.74, 6) is 0.787. The van der Waals surface area contributed by atoms with Crippen molar-refractivity contribution in [2.45, 2.75) is 31.3 Å². The van der Waals surface area contributed by atoms with Gasteiger partial charge in [-0.05, 0) is 41.0 Å². The first-order valence-electron chi connectivity index (χ1n) is 7.22. The summed E-state index contributed by atoms with van der Waals surface area (Å²) in [6, 6.07) is 17.4. The molecule has 0 heterocycles. The lowest BCUT2D eigenvalue weighted by Crippen LogP contribution is -2.20. The second-order valence-electron chi connectivity index (χ2n) is 5.81. The van der Waals surface area contributed by atoms with E-state index in [0.717, 1.165) is 19.3 Å². The molecule has 0 saturated heterocycles. The van der Waals surface area contributed by atoms with Gasteiger partial charge in [0.15, 0.2) is 0 Å². The quantitative estimate of drug-likeness (QED) is 0.812. The van der Waals surface area contributed by atoms with Crippen LogP contribution >= 0.6 is 0 Å². The third-order valence-electron chi connectivity index (χ3n) is 4.84. The van der Waals surface area contributed by atoms with E-state index >= 15 is 0 Å². The Morgan fingerprint density at radius 2 is 1.37 bits per heavy atom. The van der Waals surface area contributed by atoms with Gasteiger partial charge >= 0.3 is 0 Å². The maximum atomic E-state index is 10.3. The van der Waals surface area contributed by atoms with Gasteiger partial charge < -0.3 is 5.11 Å². The third kappa shape index (κ3) is 1.58. The van der Waals surface area contributed by atoms with Crippen LogP contribution in [0.4, 0.5) is 0 Å². The highest BCUT2D eigenvalue weighted by Gasteiger charge is 2.39. The molecular weight excluding hydrogens is 232 g/mol. The van der Waals surface area contributed by atoms with Crippen molar-refractivity contribution in [3.8, 4) is 11.1 Å². The topological polar surface area (TPSA) is 20.2 Å². The summed E-state index contributed by atoms with van der Waals surface area (Å²) in [6.45, 7) is 0. The van der Waals surface area contributed by atoms with Gasteiger partial charge in [0.2, 0.25) is 0 Å². The number of hydrogen-bond acceptors (Lipinski definition) is 1. The van der Waals surface area contributed by atoms with Crippen molar-refractivity contribution in [2.24, 2.45) is 5.92 Å². The van der Waals surface area contributed by atoms with Gasteiger partial charge in [0.1, 0.15) is 0 Å². The lowest BCUT2D eigenvalue weighted by molar-refractivity contribution is 0.125. The Morgan fingerprint density at radius 1 is 0.789 bits per heavy atom. The molecule has 1 unspecified atom stereocenters. The van der Waals surface area contributed by atoms with Crippen molar-refractivity contribution in [1.82, 2.24) is 0 Å². The SMILES string of the molecule is O[C@H]1CCCC1C1c2ccccc2-c2ccccc21. The largest absolute Gasteiger partial charge is 0.393 e. The molecule has 0 amide bonds. The minimum absolute atomic E-state index is 0.135. The summed E-state index contributed by atoms with van der Waals surface area (Å²) in [5, 5.41) is 10.3. The number of benzene rings is 2. The predicted molar refractivity (Wildman–Crippen MR) is 77.1 cm³/mol. The molecule has 0 bridgehead atoms. The van der Waals surface area contributed by atoms with Crippen LogP contribution in [0.5, 0.6) is 0 Å². The van der Waals surface area contributed by atoms with Crippen LogP contribution in [0.3, 0.4) is 0 Å². The molecule has 1 saturated carbocycles. The third-order valence-corrected chi connectivity index (χ3v) is 4.84. The van der Waals surface area contributed by atoms with E-state index in [0.29, 0.717) is 11.8 Å². The molecule has 96 valence electrons. The van der Waals surface area contributed by atoms with Crippen LogP contribution in [0.25, 0.3) is 11.1 Å². The number of rotatable bonds is 1. The maximum Gasteiger partial charge on any atom is 0.0577 e. The molecule has 0 aromatic heterocycles. The van der Waals surface area contributed by atoms with Gasteiger partial charge in [0, 0.05) is 5.92 Å². The van der Waals surface area contributed by atoms with Crippen molar-refractivity contribution >= 4 is 0 Å². The van der Waals surface area contributed by atoms with Crippen LogP contribution in [0.1, 0.15) is 36.3 Å². The molecule has 2 aliphatic rings. The predicted octanol–water partition coefficient (Wildman–Crippen LogP) is 3.96. The zero-order valence-electron chi connectivity index (χ0n) is 10.9. The summed E-state index contributed by atoms with van der Waals surface area (Å²) in [4.78, 5) is 0. The minimum atomic E-state index is -0.135. The first kappa shape index (κ1) is 11.2. The molecule has 2 atom stereocenters. The first-order valence-corrected chi connectivity index (χ1v) is 7.22. The van der Waals surface area contributed by atoms with E-state index in [2.05, 4.69) is 48.5 Å². The Hall–Kier alpha value is -1.60. The van der Waals surface area contributed by atoms with E-state index < -0.39 is 0 Å². The van der Waals surface area contributed by atoms with Crippen molar-refractivity contribution in [3.63, 3.8) is 0 Å². The Kier molecular flexibility index (Phi) is 2.49. The van der Waals surface area contributed by atoms with Gasteiger partial charge in [-0.15, -0.1) is 0 Å². The van der Waals surface area contributed by atoms with Crippen molar-refractivity contribution < 1.29 is 5.11 Å². The summed E-state index contributed by atoms with van der Waals surface area (Å²) in [6.07, 6.45) is 3.14. The smallest absolute Gasteiger partial charge is 0.0577 e. The molecule has 1 N–H and O–H groups in total. The van der Waals surface area contributed by atoms with Gasteiger partial charge in [0.25, 0.3) is 0 Å². The molecule has 2 aliphatic carbocycles. The molecule has 2 aromatic rings. The monoisotopic (exact) mass is 250 g/mol. The van der Waals surface area contributed by atoms with Crippen LogP contribution in [-0.4, -0.2) is 11.2 Å². The minimum Gasteiger partial charge on any atom is -0.393 e. The average Bonchev–Trinajstić information content (AvgIpc) is 3.00. The molecule has 2 aromatic carbocycles. The number of aliphatic hydroxyl groups is 1. The first-order chi connectivity index (χ1) is 9.36. The molecule has 1 fully saturated rings. The highest BCUT2D eigenvalue weighted by atomic mass is 16.3. The second-order valence-corrected chi connectivity index (χ2v) is 5.81.